The highest BCUT2D eigenvalue weighted by molar-refractivity contribution is 9.10. The van der Waals surface area contributed by atoms with Gasteiger partial charge in [-0.15, -0.1) is 0 Å². The normalized spacial score (nSPS) is 11.1. The number of hydrogen-bond acceptors (Lipinski definition) is 2. The predicted molar refractivity (Wildman–Crippen MR) is 89.7 cm³/mol. The molecular weight excluding hydrogens is 326 g/mol. The van der Waals surface area contributed by atoms with Crippen LogP contribution in [0.15, 0.2) is 63.5 Å². The summed E-state index contributed by atoms with van der Waals surface area (Å²) in [6.07, 6.45) is 4.01. The minimum atomic E-state index is 0.656. The van der Waals surface area contributed by atoms with Crippen LogP contribution in [0.2, 0.25) is 0 Å². The smallest absolute Gasteiger partial charge is 0.226 e. The van der Waals surface area contributed by atoms with Crippen molar-refractivity contribution in [1.29, 1.82) is 0 Å². The van der Waals surface area contributed by atoms with Gasteiger partial charge in [0.05, 0.1) is 0 Å². The fraction of sp³-hybridized carbons (Fsp3) is 0.0556. The highest BCUT2D eigenvalue weighted by Gasteiger charge is 2.08. The summed E-state index contributed by atoms with van der Waals surface area (Å²) in [6, 6.07) is 18.1. The Bertz CT molecular complexity index is 758. The van der Waals surface area contributed by atoms with Crippen molar-refractivity contribution in [3.8, 4) is 11.5 Å². The fourth-order valence-electron chi connectivity index (χ4n) is 2.02. The van der Waals surface area contributed by atoms with Gasteiger partial charge in [-0.25, -0.2) is 4.98 Å². The Morgan fingerprint density at radius 1 is 0.952 bits per heavy atom. The van der Waals surface area contributed by atoms with Gasteiger partial charge in [0, 0.05) is 10.0 Å². The van der Waals surface area contributed by atoms with Crippen LogP contribution in [0, 0.1) is 6.92 Å². The van der Waals surface area contributed by atoms with Gasteiger partial charge in [-0.05, 0) is 42.8 Å². The summed E-state index contributed by atoms with van der Waals surface area (Å²) in [5, 5.41) is 0. The van der Waals surface area contributed by atoms with Crippen molar-refractivity contribution < 1.29 is 4.42 Å². The molecule has 3 aromatic rings. The summed E-state index contributed by atoms with van der Waals surface area (Å²) >= 11 is 3.43. The van der Waals surface area contributed by atoms with Crippen molar-refractivity contribution in [1.82, 2.24) is 4.98 Å². The van der Waals surface area contributed by atoms with Gasteiger partial charge in [0.25, 0.3) is 0 Å². The van der Waals surface area contributed by atoms with Gasteiger partial charge in [-0.1, -0.05) is 52.3 Å². The Balaban J connectivity index is 1.86. The third-order valence-electron chi connectivity index (χ3n) is 3.16. The van der Waals surface area contributed by atoms with Gasteiger partial charge in [-0.2, -0.15) is 0 Å². The number of hydrogen-bond donors (Lipinski definition) is 0. The summed E-state index contributed by atoms with van der Waals surface area (Å²) in [7, 11) is 0. The highest BCUT2D eigenvalue weighted by Crippen LogP contribution is 2.22. The second kappa shape index (κ2) is 6.10. The Morgan fingerprint density at radius 3 is 2.38 bits per heavy atom. The average molecular weight is 340 g/mol. The number of aromatic nitrogens is 1. The summed E-state index contributed by atoms with van der Waals surface area (Å²) in [5.74, 6) is 1.48. The van der Waals surface area contributed by atoms with Crippen LogP contribution in [0.1, 0.15) is 17.0 Å². The molecule has 2 nitrogen and oxygen atoms in total. The van der Waals surface area contributed by atoms with Crippen LogP contribution in [0.25, 0.3) is 23.6 Å². The molecule has 3 rings (SSSR count). The van der Waals surface area contributed by atoms with E-state index in [9.17, 15) is 0 Å². The zero-order valence-corrected chi connectivity index (χ0v) is 13.2. The van der Waals surface area contributed by atoms with Crippen molar-refractivity contribution in [2.24, 2.45) is 0 Å². The second-order valence-electron chi connectivity index (χ2n) is 4.71. The monoisotopic (exact) mass is 339 g/mol. The number of oxazole rings is 1. The summed E-state index contributed by atoms with van der Waals surface area (Å²) in [6.45, 7) is 1.93. The molecule has 1 aromatic heterocycles. The van der Waals surface area contributed by atoms with Gasteiger partial charge in [0.1, 0.15) is 11.5 Å². The molecule has 0 bridgehead atoms. The second-order valence-corrected chi connectivity index (χ2v) is 5.63. The number of rotatable bonds is 3. The highest BCUT2D eigenvalue weighted by atomic mass is 79.9. The van der Waals surface area contributed by atoms with E-state index in [-0.39, 0.29) is 0 Å². The zero-order valence-electron chi connectivity index (χ0n) is 11.6. The first kappa shape index (κ1) is 13.8. The molecule has 21 heavy (non-hydrogen) atoms. The zero-order chi connectivity index (χ0) is 14.7. The van der Waals surface area contributed by atoms with E-state index in [0.717, 1.165) is 27.1 Å². The van der Waals surface area contributed by atoms with Crippen molar-refractivity contribution in [2.45, 2.75) is 6.92 Å². The molecule has 0 saturated carbocycles. The molecule has 0 unspecified atom stereocenters. The lowest BCUT2D eigenvalue weighted by molar-refractivity contribution is 0.542. The van der Waals surface area contributed by atoms with E-state index < -0.39 is 0 Å². The minimum absolute atomic E-state index is 0.656. The Hall–Kier alpha value is -2.13. The first-order valence-electron chi connectivity index (χ1n) is 6.69. The fourth-order valence-corrected chi connectivity index (χ4v) is 2.28. The maximum Gasteiger partial charge on any atom is 0.226 e. The van der Waals surface area contributed by atoms with Gasteiger partial charge >= 0.3 is 0 Å². The molecule has 0 N–H and O–H groups in total. The molecule has 0 atom stereocenters. The molecule has 0 saturated heterocycles. The molecule has 0 fully saturated rings. The van der Waals surface area contributed by atoms with Crippen LogP contribution >= 0.6 is 15.9 Å². The Labute approximate surface area is 132 Å². The molecule has 1 heterocycles. The van der Waals surface area contributed by atoms with Gasteiger partial charge in [-0.3, -0.25) is 0 Å². The first-order chi connectivity index (χ1) is 10.2. The quantitative estimate of drug-likeness (QED) is 0.622. The van der Waals surface area contributed by atoms with Crippen molar-refractivity contribution >= 4 is 28.1 Å². The molecule has 104 valence electrons. The van der Waals surface area contributed by atoms with Crippen molar-refractivity contribution in [3.63, 3.8) is 0 Å². The predicted octanol–water partition coefficient (Wildman–Crippen LogP) is 5.58. The lowest BCUT2D eigenvalue weighted by Gasteiger charge is -1.93. The van der Waals surface area contributed by atoms with Crippen LogP contribution in [0.3, 0.4) is 0 Å². The molecular formula is C18H14BrNO. The largest absolute Gasteiger partial charge is 0.441 e. The molecule has 0 aliphatic carbocycles. The lowest BCUT2D eigenvalue weighted by Crippen LogP contribution is -1.78. The van der Waals surface area contributed by atoms with Crippen LogP contribution in [-0.2, 0) is 0 Å². The van der Waals surface area contributed by atoms with Crippen LogP contribution in [-0.4, -0.2) is 4.98 Å². The Morgan fingerprint density at radius 2 is 1.67 bits per heavy atom. The average Bonchev–Trinajstić information content (AvgIpc) is 2.89. The van der Waals surface area contributed by atoms with E-state index in [2.05, 4.69) is 20.9 Å². The number of benzene rings is 2. The van der Waals surface area contributed by atoms with E-state index >= 15 is 0 Å². The number of aryl methyl sites for hydroxylation is 1. The van der Waals surface area contributed by atoms with Gasteiger partial charge in [0.2, 0.25) is 5.89 Å². The Kier molecular flexibility index (Phi) is 4.02. The van der Waals surface area contributed by atoms with E-state index in [1.54, 1.807) is 0 Å². The topological polar surface area (TPSA) is 26.0 Å². The minimum Gasteiger partial charge on any atom is -0.441 e. The van der Waals surface area contributed by atoms with Crippen molar-refractivity contribution in [2.75, 3.05) is 0 Å². The third kappa shape index (κ3) is 3.31. The number of nitrogens with zero attached hydrogens (tertiary/aromatic N) is 1. The summed E-state index contributed by atoms with van der Waals surface area (Å²) in [5.41, 5.74) is 2.97. The van der Waals surface area contributed by atoms with E-state index in [1.165, 1.54) is 0 Å². The molecule has 3 heteroatoms. The maximum absolute atomic E-state index is 5.74. The van der Waals surface area contributed by atoms with E-state index in [1.807, 2.05) is 73.7 Å². The van der Waals surface area contributed by atoms with Crippen LogP contribution < -0.4 is 0 Å². The lowest BCUT2D eigenvalue weighted by atomic mass is 10.2. The molecule has 0 radical (unpaired) electrons. The molecule has 0 aliphatic heterocycles. The number of halogens is 1. The molecule has 2 aromatic carbocycles. The summed E-state index contributed by atoms with van der Waals surface area (Å²) < 4.78 is 6.81. The molecule has 0 aliphatic rings. The maximum atomic E-state index is 5.74. The van der Waals surface area contributed by atoms with E-state index in [0.29, 0.717) is 5.89 Å². The first-order valence-corrected chi connectivity index (χ1v) is 7.48. The van der Waals surface area contributed by atoms with Crippen LogP contribution in [0.5, 0.6) is 0 Å². The third-order valence-corrected chi connectivity index (χ3v) is 3.69. The van der Waals surface area contributed by atoms with Gasteiger partial charge < -0.3 is 4.42 Å². The van der Waals surface area contributed by atoms with E-state index in [4.69, 9.17) is 4.42 Å². The molecule has 0 amide bonds. The van der Waals surface area contributed by atoms with Crippen LogP contribution in [0.4, 0.5) is 0 Å². The van der Waals surface area contributed by atoms with Crippen molar-refractivity contribution in [3.05, 3.63) is 76.1 Å². The summed E-state index contributed by atoms with van der Waals surface area (Å²) in [4.78, 5) is 4.55. The van der Waals surface area contributed by atoms with Gasteiger partial charge in [0.15, 0.2) is 0 Å². The standard InChI is InChI=1S/C18H14BrNO/c1-13-17(12-9-14-7-10-16(19)11-8-14)20-18(21-13)15-5-3-2-4-6-15/h2-12H,1H3/b12-9+. The molecule has 0 spiro atoms. The SMILES string of the molecule is Cc1oc(-c2ccccc2)nc1/C=C/c1ccc(Br)cc1.